The van der Waals surface area contributed by atoms with Crippen molar-refractivity contribution in [1.29, 1.82) is 0 Å². The van der Waals surface area contributed by atoms with Gasteiger partial charge in [-0.15, -0.1) is 0 Å². The molecule has 2 rings (SSSR count). The molecule has 2 aromatic carbocycles. The lowest BCUT2D eigenvalue weighted by Gasteiger charge is -2.14. The lowest BCUT2D eigenvalue weighted by Crippen LogP contribution is -2.04. The molecule has 0 amide bonds. The Morgan fingerprint density at radius 3 is 2.60 bits per heavy atom. The monoisotopic (exact) mass is 395 g/mol. The Hall–Kier alpha value is -1.26. The van der Waals surface area contributed by atoms with Gasteiger partial charge in [-0.05, 0) is 40.2 Å². The van der Waals surface area contributed by atoms with Gasteiger partial charge in [0.25, 0.3) is 0 Å². The van der Waals surface area contributed by atoms with Crippen LogP contribution < -0.4 is 10.1 Å². The van der Waals surface area contributed by atoms with Gasteiger partial charge in [0.05, 0.1) is 4.47 Å². The summed E-state index contributed by atoms with van der Waals surface area (Å²) in [5.41, 5.74) is 2.16. The fraction of sp³-hybridized carbons (Fsp3) is 0.125. The average molecular weight is 397 g/mol. The quantitative estimate of drug-likeness (QED) is 0.661. The Morgan fingerprint density at radius 1 is 1.15 bits per heavy atom. The predicted molar refractivity (Wildman–Crippen MR) is 91.3 cm³/mol. The number of hydrogen-bond acceptors (Lipinski definition) is 2. The van der Waals surface area contributed by atoms with Crippen molar-refractivity contribution >= 4 is 37.5 Å². The van der Waals surface area contributed by atoms with Gasteiger partial charge in [0.1, 0.15) is 12.4 Å². The molecule has 4 heteroatoms. The first kappa shape index (κ1) is 15.1. The lowest BCUT2D eigenvalue weighted by molar-refractivity contribution is 0.357. The number of para-hydroxylation sites is 1. The SMILES string of the molecule is C=CCOc1c(Br)cc(Br)cc1CNc1ccccc1. The minimum atomic E-state index is 0.485. The van der Waals surface area contributed by atoms with Crippen LogP contribution in [0, 0.1) is 0 Å². The summed E-state index contributed by atoms with van der Waals surface area (Å²) in [6, 6.07) is 14.1. The first-order chi connectivity index (χ1) is 9.70. The maximum absolute atomic E-state index is 5.73. The Kier molecular flexibility index (Phi) is 5.68. The van der Waals surface area contributed by atoms with Crippen molar-refractivity contribution in [3.8, 4) is 5.75 Å². The van der Waals surface area contributed by atoms with E-state index in [-0.39, 0.29) is 0 Å². The maximum atomic E-state index is 5.73. The third-order valence-corrected chi connectivity index (χ3v) is 3.73. The molecule has 0 heterocycles. The van der Waals surface area contributed by atoms with Crippen LogP contribution in [0.25, 0.3) is 0 Å². The highest BCUT2D eigenvalue weighted by Crippen LogP contribution is 2.33. The fourth-order valence-corrected chi connectivity index (χ4v) is 3.23. The van der Waals surface area contributed by atoms with Crippen LogP contribution >= 0.6 is 31.9 Å². The van der Waals surface area contributed by atoms with E-state index >= 15 is 0 Å². The zero-order valence-electron chi connectivity index (χ0n) is 10.9. The van der Waals surface area contributed by atoms with Gasteiger partial charge in [-0.3, -0.25) is 0 Å². The van der Waals surface area contributed by atoms with Gasteiger partial charge in [-0.25, -0.2) is 0 Å². The molecule has 0 aliphatic carbocycles. The zero-order chi connectivity index (χ0) is 14.4. The van der Waals surface area contributed by atoms with Crippen LogP contribution in [-0.4, -0.2) is 6.61 Å². The van der Waals surface area contributed by atoms with Crippen molar-refractivity contribution < 1.29 is 4.74 Å². The number of hydrogen-bond donors (Lipinski definition) is 1. The summed E-state index contributed by atoms with van der Waals surface area (Å²) in [5.74, 6) is 0.844. The van der Waals surface area contributed by atoms with E-state index in [9.17, 15) is 0 Å². The van der Waals surface area contributed by atoms with Gasteiger partial charge >= 0.3 is 0 Å². The standard InChI is InChI=1S/C16H15Br2NO/c1-2-8-20-16-12(9-13(17)10-15(16)18)11-19-14-6-4-3-5-7-14/h2-7,9-10,19H,1,8,11H2. The molecule has 0 fully saturated rings. The molecular weight excluding hydrogens is 382 g/mol. The second kappa shape index (κ2) is 7.50. The van der Waals surface area contributed by atoms with E-state index in [1.807, 2.05) is 36.4 Å². The average Bonchev–Trinajstić information content (AvgIpc) is 2.45. The molecule has 2 aromatic rings. The largest absolute Gasteiger partial charge is 0.488 e. The minimum Gasteiger partial charge on any atom is -0.488 e. The number of anilines is 1. The van der Waals surface area contributed by atoms with E-state index in [0.29, 0.717) is 13.2 Å². The molecule has 0 atom stereocenters. The van der Waals surface area contributed by atoms with Gasteiger partial charge in [-0.1, -0.05) is 46.8 Å². The molecule has 0 aromatic heterocycles. The van der Waals surface area contributed by atoms with Crippen molar-refractivity contribution in [3.63, 3.8) is 0 Å². The second-order valence-electron chi connectivity index (χ2n) is 4.20. The summed E-state index contributed by atoms with van der Waals surface area (Å²) in [5, 5.41) is 3.38. The topological polar surface area (TPSA) is 21.3 Å². The summed E-state index contributed by atoms with van der Waals surface area (Å²) in [7, 11) is 0. The van der Waals surface area contributed by atoms with Crippen LogP contribution in [-0.2, 0) is 6.54 Å². The Balaban J connectivity index is 2.18. The number of benzene rings is 2. The molecule has 0 aliphatic rings. The van der Waals surface area contributed by atoms with Crippen molar-refractivity contribution in [2.75, 3.05) is 11.9 Å². The highest BCUT2D eigenvalue weighted by molar-refractivity contribution is 9.11. The van der Waals surface area contributed by atoms with Crippen molar-refractivity contribution in [2.45, 2.75) is 6.54 Å². The van der Waals surface area contributed by atoms with Crippen LogP contribution in [0.5, 0.6) is 5.75 Å². The van der Waals surface area contributed by atoms with Gasteiger partial charge in [0.2, 0.25) is 0 Å². The molecule has 0 bridgehead atoms. The van der Waals surface area contributed by atoms with E-state index in [1.165, 1.54) is 0 Å². The highest BCUT2D eigenvalue weighted by Gasteiger charge is 2.10. The van der Waals surface area contributed by atoms with E-state index in [1.54, 1.807) is 6.08 Å². The number of nitrogens with one attached hydrogen (secondary N) is 1. The molecule has 2 nitrogen and oxygen atoms in total. The third kappa shape index (κ3) is 4.12. The Labute approximate surface area is 136 Å². The van der Waals surface area contributed by atoms with E-state index < -0.39 is 0 Å². The van der Waals surface area contributed by atoms with E-state index in [0.717, 1.165) is 25.9 Å². The van der Waals surface area contributed by atoms with Crippen molar-refractivity contribution in [2.24, 2.45) is 0 Å². The van der Waals surface area contributed by atoms with Crippen LogP contribution in [0.2, 0.25) is 0 Å². The normalized spacial score (nSPS) is 10.1. The second-order valence-corrected chi connectivity index (χ2v) is 5.97. The molecular formula is C16H15Br2NO. The van der Waals surface area contributed by atoms with Crippen molar-refractivity contribution in [1.82, 2.24) is 0 Å². The Bertz CT molecular complexity index is 585. The maximum Gasteiger partial charge on any atom is 0.139 e. The first-order valence-electron chi connectivity index (χ1n) is 6.21. The Morgan fingerprint density at radius 2 is 1.90 bits per heavy atom. The lowest BCUT2D eigenvalue weighted by atomic mass is 10.2. The fourth-order valence-electron chi connectivity index (χ4n) is 1.80. The summed E-state index contributed by atoms with van der Waals surface area (Å²) >= 11 is 7.05. The molecule has 0 saturated heterocycles. The van der Waals surface area contributed by atoms with E-state index in [2.05, 4.69) is 49.8 Å². The molecule has 20 heavy (non-hydrogen) atoms. The smallest absolute Gasteiger partial charge is 0.139 e. The van der Waals surface area contributed by atoms with Crippen LogP contribution in [0.3, 0.4) is 0 Å². The van der Waals surface area contributed by atoms with Gasteiger partial charge in [0.15, 0.2) is 0 Å². The van der Waals surface area contributed by atoms with Gasteiger partial charge in [-0.2, -0.15) is 0 Å². The molecule has 1 N–H and O–H groups in total. The van der Waals surface area contributed by atoms with Gasteiger partial charge < -0.3 is 10.1 Å². The van der Waals surface area contributed by atoms with Crippen LogP contribution in [0.15, 0.2) is 64.1 Å². The third-order valence-electron chi connectivity index (χ3n) is 2.69. The summed E-state index contributed by atoms with van der Waals surface area (Å²) < 4.78 is 7.68. The molecule has 0 spiro atoms. The number of rotatable bonds is 6. The minimum absolute atomic E-state index is 0.485. The highest BCUT2D eigenvalue weighted by atomic mass is 79.9. The number of ether oxygens (including phenoxy) is 1. The molecule has 0 aliphatic heterocycles. The van der Waals surface area contributed by atoms with Gasteiger partial charge in [0, 0.05) is 22.3 Å². The molecule has 0 unspecified atom stereocenters. The van der Waals surface area contributed by atoms with Crippen LogP contribution in [0.4, 0.5) is 5.69 Å². The molecule has 0 saturated carbocycles. The molecule has 104 valence electrons. The van der Waals surface area contributed by atoms with Crippen LogP contribution in [0.1, 0.15) is 5.56 Å². The number of halogens is 2. The van der Waals surface area contributed by atoms with Crippen molar-refractivity contribution in [3.05, 3.63) is 69.6 Å². The summed E-state index contributed by atoms with van der Waals surface area (Å²) in [6.07, 6.45) is 1.74. The summed E-state index contributed by atoms with van der Waals surface area (Å²) in [4.78, 5) is 0. The summed E-state index contributed by atoms with van der Waals surface area (Å²) in [6.45, 7) is 4.85. The van der Waals surface area contributed by atoms with E-state index in [4.69, 9.17) is 4.74 Å². The predicted octanol–water partition coefficient (Wildman–Crippen LogP) is 5.39. The zero-order valence-corrected chi connectivity index (χ0v) is 14.1. The first-order valence-corrected chi connectivity index (χ1v) is 7.80. The molecule has 0 radical (unpaired) electrons.